The Morgan fingerprint density at radius 3 is 2.71 bits per heavy atom. The minimum Gasteiger partial charge on any atom is -0.478 e. The van der Waals surface area contributed by atoms with Gasteiger partial charge in [0.1, 0.15) is 11.4 Å². The van der Waals surface area contributed by atoms with Crippen LogP contribution in [0.5, 0.6) is 0 Å². The van der Waals surface area contributed by atoms with Crippen LogP contribution in [0.4, 0.5) is 15.8 Å². The summed E-state index contributed by atoms with van der Waals surface area (Å²) in [5, 5.41) is 14.1. The molecule has 2 N–H and O–H groups in total. The molecule has 4 rings (SSSR count). The fourth-order valence-corrected chi connectivity index (χ4v) is 3.54. The molecular weight excluding hydrogens is 381 g/mol. The molecule has 1 heterocycles. The Morgan fingerprint density at radius 2 is 1.93 bits per heavy atom. The van der Waals surface area contributed by atoms with Crippen LogP contribution >= 0.6 is 11.6 Å². The first-order chi connectivity index (χ1) is 13.5. The van der Waals surface area contributed by atoms with Gasteiger partial charge in [-0.2, -0.15) is 0 Å². The van der Waals surface area contributed by atoms with E-state index in [-0.39, 0.29) is 11.1 Å². The summed E-state index contributed by atoms with van der Waals surface area (Å²) >= 11 is 6.47. The SMILES string of the molecule is Cc1c(F)ccc(Nc2cccc(Cl)c2-c2ccc3occc3c2)c1C(=O)O. The van der Waals surface area contributed by atoms with Crippen LogP contribution in [0.3, 0.4) is 0 Å². The maximum Gasteiger partial charge on any atom is 0.338 e. The van der Waals surface area contributed by atoms with Gasteiger partial charge in [-0.15, -0.1) is 0 Å². The molecule has 0 saturated carbocycles. The second-order valence-corrected chi connectivity index (χ2v) is 6.77. The van der Waals surface area contributed by atoms with E-state index in [1.807, 2.05) is 24.3 Å². The summed E-state index contributed by atoms with van der Waals surface area (Å²) in [4.78, 5) is 11.7. The fourth-order valence-electron chi connectivity index (χ4n) is 3.25. The van der Waals surface area contributed by atoms with Crippen molar-refractivity contribution in [1.82, 2.24) is 0 Å². The number of anilines is 2. The van der Waals surface area contributed by atoms with Gasteiger partial charge in [0.15, 0.2) is 0 Å². The lowest BCUT2D eigenvalue weighted by atomic mass is 10.0. The van der Waals surface area contributed by atoms with E-state index in [0.717, 1.165) is 16.5 Å². The van der Waals surface area contributed by atoms with Crippen LogP contribution in [0, 0.1) is 12.7 Å². The third-order valence-corrected chi connectivity index (χ3v) is 4.95. The van der Waals surface area contributed by atoms with Gasteiger partial charge in [-0.25, -0.2) is 9.18 Å². The zero-order chi connectivity index (χ0) is 19.8. The number of hydrogen-bond acceptors (Lipinski definition) is 3. The van der Waals surface area contributed by atoms with Crippen molar-refractivity contribution in [3.63, 3.8) is 0 Å². The topological polar surface area (TPSA) is 62.5 Å². The van der Waals surface area contributed by atoms with Crippen LogP contribution in [-0.2, 0) is 0 Å². The number of rotatable bonds is 4. The summed E-state index contributed by atoms with van der Waals surface area (Å²) in [6.07, 6.45) is 1.61. The third-order valence-electron chi connectivity index (χ3n) is 4.64. The van der Waals surface area contributed by atoms with E-state index >= 15 is 0 Å². The molecule has 6 heteroatoms. The number of furan rings is 1. The van der Waals surface area contributed by atoms with Crippen LogP contribution in [-0.4, -0.2) is 11.1 Å². The van der Waals surface area contributed by atoms with E-state index in [9.17, 15) is 14.3 Å². The molecule has 0 atom stereocenters. The molecule has 0 aliphatic rings. The molecule has 0 spiro atoms. The van der Waals surface area contributed by atoms with Gasteiger partial charge in [-0.1, -0.05) is 23.7 Å². The molecule has 0 radical (unpaired) electrons. The maximum absolute atomic E-state index is 13.9. The first-order valence-electron chi connectivity index (χ1n) is 8.51. The van der Waals surface area contributed by atoms with E-state index in [1.54, 1.807) is 24.5 Å². The number of carbonyl (C=O) groups is 1. The lowest BCUT2D eigenvalue weighted by Crippen LogP contribution is -2.07. The van der Waals surface area contributed by atoms with Gasteiger partial charge < -0.3 is 14.8 Å². The number of benzene rings is 3. The molecule has 4 nitrogen and oxygen atoms in total. The number of fused-ring (bicyclic) bond motifs is 1. The predicted molar refractivity (Wildman–Crippen MR) is 108 cm³/mol. The van der Waals surface area contributed by atoms with Crippen molar-refractivity contribution in [3.8, 4) is 11.1 Å². The molecule has 0 saturated heterocycles. The van der Waals surface area contributed by atoms with E-state index in [1.165, 1.54) is 19.1 Å². The minimum absolute atomic E-state index is 0.0703. The van der Waals surface area contributed by atoms with Gasteiger partial charge in [-0.05, 0) is 55.0 Å². The first-order valence-corrected chi connectivity index (χ1v) is 8.89. The second kappa shape index (κ2) is 7.02. The first kappa shape index (κ1) is 18.1. The normalized spacial score (nSPS) is 11.0. The molecule has 0 fully saturated rings. The highest BCUT2D eigenvalue weighted by Crippen LogP contribution is 2.38. The number of carboxylic acids is 1. The number of nitrogens with one attached hydrogen (secondary N) is 1. The van der Waals surface area contributed by atoms with Gasteiger partial charge in [0.2, 0.25) is 0 Å². The van der Waals surface area contributed by atoms with Crippen LogP contribution < -0.4 is 5.32 Å². The molecule has 3 aromatic carbocycles. The summed E-state index contributed by atoms with van der Waals surface area (Å²) in [6, 6.07) is 15.5. The smallest absolute Gasteiger partial charge is 0.338 e. The van der Waals surface area contributed by atoms with E-state index in [4.69, 9.17) is 16.0 Å². The lowest BCUT2D eigenvalue weighted by molar-refractivity contribution is 0.0696. The Kier molecular flexibility index (Phi) is 4.53. The molecule has 0 amide bonds. The summed E-state index contributed by atoms with van der Waals surface area (Å²) < 4.78 is 19.2. The van der Waals surface area contributed by atoms with Crippen molar-refractivity contribution in [2.24, 2.45) is 0 Å². The fraction of sp³-hybridized carbons (Fsp3) is 0.0455. The zero-order valence-corrected chi connectivity index (χ0v) is 15.5. The highest BCUT2D eigenvalue weighted by atomic mass is 35.5. The molecule has 4 aromatic rings. The Morgan fingerprint density at radius 1 is 1.11 bits per heavy atom. The summed E-state index contributed by atoms with van der Waals surface area (Å²) in [7, 11) is 0. The van der Waals surface area contributed by atoms with Crippen molar-refractivity contribution in [2.75, 3.05) is 5.32 Å². The Bertz CT molecular complexity index is 1220. The molecule has 1 aromatic heterocycles. The molecule has 0 bridgehead atoms. The second-order valence-electron chi connectivity index (χ2n) is 6.36. The third kappa shape index (κ3) is 3.10. The molecule has 28 heavy (non-hydrogen) atoms. The number of aromatic carboxylic acids is 1. The standard InChI is InChI=1S/C22H15ClFNO3/c1-12-16(24)6-7-18(20(12)22(26)27)25-17-4-2-3-15(23)21(17)14-5-8-19-13(11-14)9-10-28-19/h2-11,25H,1H3,(H,26,27). The van der Waals surface area contributed by atoms with Crippen LogP contribution in [0.25, 0.3) is 22.1 Å². The van der Waals surface area contributed by atoms with Crippen molar-refractivity contribution in [3.05, 3.63) is 82.8 Å². The summed E-state index contributed by atoms with van der Waals surface area (Å²) in [6.45, 7) is 1.44. The van der Waals surface area contributed by atoms with Gasteiger partial charge in [0.25, 0.3) is 0 Å². The van der Waals surface area contributed by atoms with E-state index in [2.05, 4.69) is 5.32 Å². The molecule has 0 unspecified atom stereocenters. The van der Waals surface area contributed by atoms with Crippen LogP contribution in [0.1, 0.15) is 15.9 Å². The van der Waals surface area contributed by atoms with E-state index in [0.29, 0.717) is 22.0 Å². The van der Waals surface area contributed by atoms with Crippen LogP contribution in [0.15, 0.2) is 65.3 Å². The number of halogens is 2. The van der Waals surface area contributed by atoms with Gasteiger partial charge in [0, 0.05) is 22.2 Å². The largest absolute Gasteiger partial charge is 0.478 e. The highest BCUT2D eigenvalue weighted by Gasteiger charge is 2.18. The number of carboxylic acid groups (broad SMARTS) is 1. The highest BCUT2D eigenvalue weighted by molar-refractivity contribution is 6.34. The van der Waals surface area contributed by atoms with Gasteiger partial charge in [0.05, 0.1) is 22.5 Å². The number of hydrogen-bond donors (Lipinski definition) is 2. The Balaban J connectivity index is 1.86. The summed E-state index contributed by atoms with van der Waals surface area (Å²) in [5.74, 6) is -1.78. The van der Waals surface area contributed by atoms with Crippen molar-refractivity contribution in [1.29, 1.82) is 0 Å². The average Bonchev–Trinajstić information content (AvgIpc) is 3.12. The van der Waals surface area contributed by atoms with E-state index < -0.39 is 11.8 Å². The van der Waals surface area contributed by atoms with Gasteiger partial charge in [-0.3, -0.25) is 0 Å². The Hall–Kier alpha value is -3.31. The predicted octanol–water partition coefficient (Wildman–Crippen LogP) is 6.64. The lowest BCUT2D eigenvalue weighted by Gasteiger charge is -2.17. The zero-order valence-electron chi connectivity index (χ0n) is 14.8. The van der Waals surface area contributed by atoms with Crippen LogP contribution in [0.2, 0.25) is 5.02 Å². The molecule has 140 valence electrons. The summed E-state index contributed by atoms with van der Waals surface area (Å²) in [5.41, 5.74) is 3.18. The van der Waals surface area contributed by atoms with Crippen molar-refractivity contribution in [2.45, 2.75) is 6.92 Å². The quantitative estimate of drug-likeness (QED) is 0.406. The molecular formula is C22H15ClFNO3. The molecule has 0 aliphatic carbocycles. The van der Waals surface area contributed by atoms with Gasteiger partial charge >= 0.3 is 5.97 Å². The average molecular weight is 396 g/mol. The minimum atomic E-state index is -1.21. The molecule has 0 aliphatic heterocycles. The monoisotopic (exact) mass is 395 g/mol. The Labute approximate surface area is 165 Å². The van der Waals surface area contributed by atoms with Crippen molar-refractivity contribution < 1.29 is 18.7 Å². The maximum atomic E-state index is 13.9. The van der Waals surface area contributed by atoms with Crippen molar-refractivity contribution >= 4 is 39.9 Å².